The van der Waals surface area contributed by atoms with Crippen LogP contribution in [0.15, 0.2) is 20.9 Å². The van der Waals surface area contributed by atoms with Gasteiger partial charge in [-0.25, -0.2) is 0 Å². The number of aliphatic hydroxyl groups is 2. The van der Waals surface area contributed by atoms with Gasteiger partial charge in [-0.05, 0) is 0 Å². The van der Waals surface area contributed by atoms with E-state index in [0.29, 0.717) is 0 Å². The third-order valence-electron chi connectivity index (χ3n) is 2.90. The summed E-state index contributed by atoms with van der Waals surface area (Å²) in [5.74, 6) is 0. The van der Waals surface area contributed by atoms with Crippen molar-refractivity contribution < 1.29 is 10.2 Å². The molecule has 0 bridgehead atoms. The number of hydrogen-bond donors (Lipinski definition) is 3. The molecule has 3 N–H and O–H groups in total. The van der Waals surface area contributed by atoms with Crippen molar-refractivity contribution in [1.82, 2.24) is 9.55 Å². The van der Waals surface area contributed by atoms with Crippen molar-refractivity contribution in [2.75, 3.05) is 6.61 Å². The quantitative estimate of drug-likeness (QED) is 0.279. The molecule has 0 aliphatic carbocycles. The molecule has 1 unspecified atom stereocenters. The van der Waals surface area contributed by atoms with E-state index in [2.05, 4.69) is 10.0 Å². The maximum atomic E-state index is 11.8. The van der Waals surface area contributed by atoms with E-state index in [4.69, 9.17) is 17.1 Å². The summed E-state index contributed by atoms with van der Waals surface area (Å²) in [7, 11) is 0. The SMILES string of the molecule is [N-]=[N+]=N[C@@H]1C(n2cc(Cl)c(=O)[nH]c2=O)[Se][C@H](CO)[C@H]1O. The monoisotopic (exact) mass is 367 g/mol. The van der Waals surface area contributed by atoms with Crippen LogP contribution < -0.4 is 11.2 Å². The van der Waals surface area contributed by atoms with E-state index in [-0.39, 0.29) is 11.6 Å². The summed E-state index contributed by atoms with van der Waals surface area (Å²) < 4.78 is 1.14. The van der Waals surface area contributed by atoms with Crippen molar-refractivity contribution in [2.45, 2.75) is 21.9 Å². The van der Waals surface area contributed by atoms with Crippen LogP contribution in [0.4, 0.5) is 0 Å². The van der Waals surface area contributed by atoms with Gasteiger partial charge in [-0.3, -0.25) is 0 Å². The second kappa shape index (κ2) is 6.01. The molecule has 0 amide bonds. The van der Waals surface area contributed by atoms with Gasteiger partial charge in [-0.1, -0.05) is 0 Å². The molecule has 2 rings (SSSR count). The van der Waals surface area contributed by atoms with Crippen molar-refractivity contribution in [1.29, 1.82) is 0 Å². The fourth-order valence-corrected chi connectivity index (χ4v) is 5.10. The maximum absolute atomic E-state index is 11.8. The second-order valence-electron chi connectivity index (χ2n) is 4.08. The number of H-pyrrole nitrogens is 1. The Kier molecular flexibility index (Phi) is 4.54. The topological polar surface area (TPSA) is 144 Å². The average Bonchev–Trinajstić information content (AvgIpc) is 2.72. The summed E-state index contributed by atoms with van der Waals surface area (Å²) in [5.41, 5.74) is 7.15. The zero-order valence-electron chi connectivity index (χ0n) is 9.88. The first-order chi connectivity index (χ1) is 9.49. The molecule has 2 heterocycles. The standard InChI is InChI=1S/C9H10ClN5O4Se/c10-3-1-15(9(19)12-7(3)18)8-5(13-14-11)6(17)4(2-16)20-8/h1,4-6,8,16-17H,2H2,(H,12,18,19)/t4-,5+,6-,8?/m1/s1. The summed E-state index contributed by atoms with van der Waals surface area (Å²) in [6.07, 6.45) is 0.111. The Morgan fingerprint density at radius 2 is 2.30 bits per heavy atom. The van der Waals surface area contributed by atoms with Gasteiger partial charge < -0.3 is 0 Å². The molecule has 1 fully saturated rings. The van der Waals surface area contributed by atoms with Crippen LogP contribution in [0.2, 0.25) is 9.84 Å². The second-order valence-corrected chi connectivity index (χ2v) is 7.34. The van der Waals surface area contributed by atoms with Crippen LogP contribution in [0.25, 0.3) is 10.4 Å². The van der Waals surface area contributed by atoms with Crippen molar-refractivity contribution in [2.24, 2.45) is 5.11 Å². The van der Waals surface area contributed by atoms with Crippen LogP contribution in [0, 0.1) is 0 Å². The molecular weight excluding hydrogens is 357 g/mol. The van der Waals surface area contributed by atoms with Gasteiger partial charge >= 0.3 is 122 Å². The van der Waals surface area contributed by atoms with Crippen LogP contribution in [0.5, 0.6) is 0 Å². The number of aromatic amines is 1. The fraction of sp³-hybridized carbons (Fsp3) is 0.556. The molecule has 0 radical (unpaired) electrons. The molecule has 4 atom stereocenters. The number of aliphatic hydroxyl groups excluding tert-OH is 2. The van der Waals surface area contributed by atoms with Gasteiger partial charge in [0.05, 0.1) is 0 Å². The summed E-state index contributed by atoms with van der Waals surface area (Å²) in [4.78, 5) is 26.7. The van der Waals surface area contributed by atoms with Crippen LogP contribution in [-0.2, 0) is 0 Å². The first kappa shape index (κ1) is 15.1. The van der Waals surface area contributed by atoms with Gasteiger partial charge in [-0.2, -0.15) is 0 Å². The number of rotatable bonds is 3. The minimum atomic E-state index is -1.04. The number of azide groups is 1. The predicted molar refractivity (Wildman–Crippen MR) is 70.9 cm³/mol. The van der Waals surface area contributed by atoms with Crippen molar-refractivity contribution >= 4 is 26.6 Å². The van der Waals surface area contributed by atoms with Crippen molar-refractivity contribution in [3.8, 4) is 0 Å². The molecule has 1 aliphatic heterocycles. The first-order valence-corrected chi connectivity index (χ1v) is 7.84. The van der Waals surface area contributed by atoms with Gasteiger partial charge in [0.1, 0.15) is 0 Å². The van der Waals surface area contributed by atoms with Gasteiger partial charge in [-0.15, -0.1) is 0 Å². The van der Waals surface area contributed by atoms with Crippen LogP contribution in [0.3, 0.4) is 0 Å². The molecule has 1 saturated heterocycles. The van der Waals surface area contributed by atoms with E-state index in [0.717, 1.165) is 10.8 Å². The Bertz CT molecular complexity index is 669. The third kappa shape index (κ3) is 2.62. The fourth-order valence-electron chi connectivity index (χ4n) is 1.94. The molecule has 0 aromatic carbocycles. The van der Waals surface area contributed by atoms with Crippen molar-refractivity contribution in [3.05, 3.63) is 42.5 Å². The van der Waals surface area contributed by atoms with E-state index >= 15 is 0 Å². The minimum absolute atomic E-state index is 0.179. The first-order valence-electron chi connectivity index (χ1n) is 5.49. The Balaban J connectivity index is 2.50. The van der Waals surface area contributed by atoms with Crippen molar-refractivity contribution in [3.63, 3.8) is 0 Å². The Morgan fingerprint density at radius 1 is 1.60 bits per heavy atom. The van der Waals surface area contributed by atoms with E-state index < -0.39 is 48.1 Å². The van der Waals surface area contributed by atoms with E-state index in [1.807, 2.05) is 4.98 Å². The van der Waals surface area contributed by atoms with E-state index in [1.54, 1.807) is 0 Å². The molecule has 0 spiro atoms. The number of halogens is 1. The Hall–Kier alpha value is -1.28. The molecule has 0 saturated carbocycles. The van der Waals surface area contributed by atoms with E-state index in [1.165, 1.54) is 0 Å². The molecule has 1 aromatic rings. The van der Waals surface area contributed by atoms with Crippen LogP contribution in [-0.4, -0.2) is 53.5 Å². The molecule has 1 aromatic heterocycles. The Morgan fingerprint density at radius 3 is 2.90 bits per heavy atom. The Labute approximate surface area is 123 Å². The molecule has 1 aliphatic rings. The van der Waals surface area contributed by atoms with Gasteiger partial charge in [0.2, 0.25) is 0 Å². The number of nitrogens with one attached hydrogen (secondary N) is 1. The number of hydrogen-bond acceptors (Lipinski definition) is 5. The molecule has 9 nitrogen and oxygen atoms in total. The average molecular weight is 367 g/mol. The summed E-state index contributed by atoms with van der Waals surface area (Å²) in [6.45, 7) is -0.277. The number of nitrogens with zero attached hydrogens (tertiary/aromatic N) is 4. The zero-order valence-corrected chi connectivity index (χ0v) is 12.3. The summed E-state index contributed by atoms with van der Waals surface area (Å²) in [6, 6.07) is -0.892. The predicted octanol–water partition coefficient (Wildman–Crippen LogP) is -0.773. The third-order valence-corrected chi connectivity index (χ3v) is 6.45. The molecule has 20 heavy (non-hydrogen) atoms. The van der Waals surface area contributed by atoms with Gasteiger partial charge in [0.25, 0.3) is 0 Å². The van der Waals surface area contributed by atoms with Gasteiger partial charge in [0.15, 0.2) is 0 Å². The number of aromatic nitrogens is 2. The molecular formula is C9H10ClN5O4Se. The normalized spacial score (nSPS) is 29.1. The summed E-state index contributed by atoms with van der Waals surface area (Å²) >= 11 is 5.28. The summed E-state index contributed by atoms with van der Waals surface area (Å²) in [5, 5.41) is 22.5. The molecule has 108 valence electrons. The van der Waals surface area contributed by atoms with Gasteiger partial charge in [0, 0.05) is 0 Å². The molecule has 11 heteroatoms. The van der Waals surface area contributed by atoms with Crippen LogP contribution >= 0.6 is 11.6 Å². The van der Waals surface area contributed by atoms with Crippen LogP contribution in [0.1, 0.15) is 4.94 Å². The van der Waals surface area contributed by atoms with E-state index in [9.17, 15) is 19.8 Å². The zero-order chi connectivity index (χ0) is 14.9.